The van der Waals surface area contributed by atoms with Crippen LogP contribution in [0.2, 0.25) is 0 Å². The maximum atomic E-state index is 12.1. The predicted molar refractivity (Wildman–Crippen MR) is 76.2 cm³/mol. The Hall–Kier alpha value is -0.570. The van der Waals surface area contributed by atoms with E-state index < -0.39 is 0 Å². The summed E-state index contributed by atoms with van der Waals surface area (Å²) in [7, 11) is 0. The average molecular weight is 254 g/mol. The first-order chi connectivity index (χ1) is 8.52. The van der Waals surface area contributed by atoms with Gasteiger partial charge < -0.3 is 11.1 Å². The Morgan fingerprint density at radius 2 is 2.06 bits per heavy atom. The van der Waals surface area contributed by atoms with Gasteiger partial charge in [0.05, 0.1) is 5.92 Å². The smallest absolute Gasteiger partial charge is 0.224 e. The Labute approximate surface area is 112 Å². The van der Waals surface area contributed by atoms with Gasteiger partial charge in [0.1, 0.15) is 0 Å². The van der Waals surface area contributed by atoms with Gasteiger partial charge in [-0.15, -0.1) is 0 Å². The third kappa shape index (κ3) is 4.97. The minimum absolute atomic E-state index is 0.0406. The largest absolute Gasteiger partial charge is 0.356 e. The Kier molecular flexibility index (Phi) is 6.69. The number of hydrogen-bond acceptors (Lipinski definition) is 2. The summed E-state index contributed by atoms with van der Waals surface area (Å²) in [5.74, 6) is 1.46. The highest BCUT2D eigenvalue weighted by molar-refractivity contribution is 5.79. The number of hydrogen-bond donors (Lipinski definition) is 2. The molecule has 0 aromatic heterocycles. The first-order valence-corrected chi connectivity index (χ1v) is 7.55. The van der Waals surface area contributed by atoms with Gasteiger partial charge in [0, 0.05) is 12.6 Å². The molecule has 1 aliphatic rings. The van der Waals surface area contributed by atoms with Crippen LogP contribution < -0.4 is 11.1 Å². The van der Waals surface area contributed by atoms with Gasteiger partial charge in [0.2, 0.25) is 5.91 Å². The molecule has 1 saturated carbocycles. The SMILES string of the molecule is CC(C)CCCCNC(=O)C1CCCC(C)C1N. The molecule has 0 aromatic rings. The highest BCUT2D eigenvalue weighted by Crippen LogP contribution is 2.27. The van der Waals surface area contributed by atoms with Crippen molar-refractivity contribution < 1.29 is 4.79 Å². The van der Waals surface area contributed by atoms with E-state index >= 15 is 0 Å². The van der Waals surface area contributed by atoms with Crippen LogP contribution in [-0.2, 0) is 4.79 Å². The van der Waals surface area contributed by atoms with Crippen molar-refractivity contribution in [3.8, 4) is 0 Å². The molecule has 3 heteroatoms. The van der Waals surface area contributed by atoms with E-state index in [0.717, 1.165) is 31.7 Å². The normalized spacial score (nSPS) is 28.4. The van der Waals surface area contributed by atoms with Crippen LogP contribution in [-0.4, -0.2) is 18.5 Å². The molecular formula is C15H30N2O. The second-order valence-corrected chi connectivity index (χ2v) is 6.27. The van der Waals surface area contributed by atoms with Crippen LogP contribution in [0.5, 0.6) is 0 Å². The van der Waals surface area contributed by atoms with Crippen molar-refractivity contribution >= 4 is 5.91 Å². The number of carbonyl (C=O) groups is 1. The van der Waals surface area contributed by atoms with Crippen LogP contribution in [0.4, 0.5) is 0 Å². The van der Waals surface area contributed by atoms with Crippen LogP contribution in [0, 0.1) is 17.8 Å². The number of unbranched alkanes of at least 4 members (excludes halogenated alkanes) is 1. The third-order valence-electron chi connectivity index (χ3n) is 4.14. The molecule has 18 heavy (non-hydrogen) atoms. The van der Waals surface area contributed by atoms with Crippen molar-refractivity contribution in [2.24, 2.45) is 23.5 Å². The van der Waals surface area contributed by atoms with E-state index in [1.165, 1.54) is 19.3 Å². The summed E-state index contributed by atoms with van der Waals surface area (Å²) in [5, 5.41) is 3.06. The Morgan fingerprint density at radius 1 is 1.33 bits per heavy atom. The fraction of sp³-hybridized carbons (Fsp3) is 0.933. The maximum absolute atomic E-state index is 12.1. The molecule has 1 rings (SSSR count). The Balaban J connectivity index is 2.19. The number of nitrogens with one attached hydrogen (secondary N) is 1. The van der Waals surface area contributed by atoms with Crippen molar-refractivity contribution in [1.82, 2.24) is 5.32 Å². The van der Waals surface area contributed by atoms with E-state index in [1.807, 2.05) is 0 Å². The second kappa shape index (κ2) is 7.78. The molecule has 1 amide bonds. The summed E-state index contributed by atoms with van der Waals surface area (Å²) < 4.78 is 0. The molecule has 0 radical (unpaired) electrons. The maximum Gasteiger partial charge on any atom is 0.224 e. The van der Waals surface area contributed by atoms with Gasteiger partial charge in [-0.3, -0.25) is 4.79 Å². The molecule has 0 heterocycles. The van der Waals surface area contributed by atoms with Crippen LogP contribution >= 0.6 is 0 Å². The van der Waals surface area contributed by atoms with Gasteiger partial charge in [0.25, 0.3) is 0 Å². The summed E-state index contributed by atoms with van der Waals surface area (Å²) in [5.41, 5.74) is 6.13. The quantitative estimate of drug-likeness (QED) is 0.716. The van der Waals surface area contributed by atoms with E-state index in [9.17, 15) is 4.79 Å². The fourth-order valence-electron chi connectivity index (χ4n) is 2.77. The summed E-state index contributed by atoms with van der Waals surface area (Å²) in [6.45, 7) is 7.44. The standard InChI is InChI=1S/C15H30N2O/c1-11(2)7-4-5-10-17-15(18)13-9-6-8-12(3)14(13)16/h11-14H,4-10,16H2,1-3H3,(H,17,18). The summed E-state index contributed by atoms with van der Waals surface area (Å²) in [4.78, 5) is 12.1. The topological polar surface area (TPSA) is 55.1 Å². The zero-order valence-corrected chi connectivity index (χ0v) is 12.2. The number of amides is 1. The van der Waals surface area contributed by atoms with Gasteiger partial charge in [-0.25, -0.2) is 0 Å². The molecule has 106 valence electrons. The zero-order valence-electron chi connectivity index (χ0n) is 12.2. The van der Waals surface area contributed by atoms with E-state index in [0.29, 0.717) is 5.92 Å². The summed E-state index contributed by atoms with van der Waals surface area (Å²) in [6.07, 6.45) is 6.80. The van der Waals surface area contributed by atoms with Crippen molar-refractivity contribution in [2.45, 2.75) is 65.3 Å². The molecule has 1 aliphatic carbocycles. The number of carbonyl (C=O) groups excluding carboxylic acids is 1. The molecule has 3 N–H and O–H groups in total. The van der Waals surface area contributed by atoms with Crippen molar-refractivity contribution in [3.05, 3.63) is 0 Å². The van der Waals surface area contributed by atoms with Gasteiger partial charge in [-0.05, 0) is 31.1 Å². The lowest BCUT2D eigenvalue weighted by atomic mass is 9.78. The van der Waals surface area contributed by atoms with Gasteiger partial charge in [0.15, 0.2) is 0 Å². The predicted octanol–water partition coefficient (Wildman–Crippen LogP) is 2.69. The minimum Gasteiger partial charge on any atom is -0.356 e. The lowest BCUT2D eigenvalue weighted by Gasteiger charge is -2.32. The summed E-state index contributed by atoms with van der Waals surface area (Å²) >= 11 is 0. The van der Waals surface area contributed by atoms with E-state index in [1.54, 1.807) is 0 Å². The lowest BCUT2D eigenvalue weighted by Crippen LogP contribution is -2.47. The first-order valence-electron chi connectivity index (χ1n) is 7.55. The first kappa shape index (κ1) is 15.5. The van der Waals surface area contributed by atoms with Crippen molar-refractivity contribution in [2.75, 3.05) is 6.54 Å². The number of nitrogens with two attached hydrogens (primary N) is 1. The zero-order chi connectivity index (χ0) is 13.5. The van der Waals surface area contributed by atoms with Crippen LogP contribution in [0.25, 0.3) is 0 Å². The molecule has 3 nitrogen and oxygen atoms in total. The molecule has 0 aliphatic heterocycles. The highest BCUT2D eigenvalue weighted by atomic mass is 16.1. The molecule has 1 fully saturated rings. The average Bonchev–Trinajstić information content (AvgIpc) is 2.31. The number of rotatable bonds is 6. The minimum atomic E-state index is 0.0406. The van der Waals surface area contributed by atoms with E-state index in [-0.39, 0.29) is 17.9 Å². The van der Waals surface area contributed by atoms with Gasteiger partial charge >= 0.3 is 0 Å². The van der Waals surface area contributed by atoms with Gasteiger partial charge in [-0.2, -0.15) is 0 Å². The molecule has 0 spiro atoms. The molecule has 0 aromatic carbocycles. The monoisotopic (exact) mass is 254 g/mol. The Morgan fingerprint density at radius 3 is 2.72 bits per heavy atom. The van der Waals surface area contributed by atoms with Crippen LogP contribution in [0.15, 0.2) is 0 Å². The van der Waals surface area contributed by atoms with E-state index in [2.05, 4.69) is 26.1 Å². The molecule has 0 saturated heterocycles. The molecule has 0 bridgehead atoms. The molecule has 3 unspecified atom stereocenters. The molecule has 3 atom stereocenters. The second-order valence-electron chi connectivity index (χ2n) is 6.27. The van der Waals surface area contributed by atoms with Gasteiger partial charge in [-0.1, -0.05) is 40.0 Å². The van der Waals surface area contributed by atoms with Crippen LogP contribution in [0.1, 0.15) is 59.3 Å². The van der Waals surface area contributed by atoms with Crippen LogP contribution in [0.3, 0.4) is 0 Å². The van der Waals surface area contributed by atoms with Crippen molar-refractivity contribution in [1.29, 1.82) is 0 Å². The summed E-state index contributed by atoms with van der Waals surface area (Å²) in [6, 6.07) is 0.0504. The fourth-order valence-corrected chi connectivity index (χ4v) is 2.77. The van der Waals surface area contributed by atoms with E-state index in [4.69, 9.17) is 5.73 Å². The van der Waals surface area contributed by atoms with Crippen molar-refractivity contribution in [3.63, 3.8) is 0 Å². The molecular weight excluding hydrogens is 224 g/mol. The lowest BCUT2D eigenvalue weighted by molar-refractivity contribution is -0.127. The highest BCUT2D eigenvalue weighted by Gasteiger charge is 2.32. The Bertz CT molecular complexity index is 253. The third-order valence-corrected chi connectivity index (χ3v) is 4.14.